The average molecular weight is 271 g/mol. The summed E-state index contributed by atoms with van der Waals surface area (Å²) in [5.41, 5.74) is 1.32. The van der Waals surface area contributed by atoms with E-state index < -0.39 is 0 Å². The smallest absolute Gasteiger partial charge is 0.152 e. The van der Waals surface area contributed by atoms with Crippen molar-refractivity contribution in [2.24, 2.45) is 0 Å². The number of benzene rings is 1. The van der Waals surface area contributed by atoms with Crippen molar-refractivity contribution in [2.75, 3.05) is 0 Å². The molecule has 1 aromatic carbocycles. The lowest BCUT2D eigenvalue weighted by molar-refractivity contribution is 0.636. The Morgan fingerprint density at radius 2 is 2.20 bits per heavy atom. The molecule has 15 heavy (non-hydrogen) atoms. The maximum atomic E-state index is 13.6. The normalized spacial score (nSPS) is 11.2. The Morgan fingerprint density at radius 1 is 1.47 bits per heavy atom. The quantitative estimate of drug-likeness (QED) is 0.815. The van der Waals surface area contributed by atoms with Crippen molar-refractivity contribution in [3.8, 4) is 0 Å². The van der Waals surface area contributed by atoms with Gasteiger partial charge in [-0.05, 0) is 25.5 Å². The van der Waals surface area contributed by atoms with Crippen LogP contribution in [0.2, 0.25) is 0 Å². The van der Waals surface area contributed by atoms with E-state index in [1.54, 1.807) is 0 Å². The fourth-order valence-electron chi connectivity index (χ4n) is 1.77. The molecule has 0 aliphatic rings. The highest BCUT2D eigenvalue weighted by Gasteiger charge is 2.11. The van der Waals surface area contributed by atoms with Gasteiger partial charge in [0.2, 0.25) is 0 Å². The second-order valence-electron chi connectivity index (χ2n) is 3.57. The average Bonchev–Trinajstić information content (AvgIpc) is 2.46. The molecule has 0 radical (unpaired) electrons. The maximum absolute atomic E-state index is 13.6. The van der Waals surface area contributed by atoms with Gasteiger partial charge in [-0.25, -0.2) is 9.37 Å². The summed E-state index contributed by atoms with van der Waals surface area (Å²) in [6.45, 7) is 4.88. The van der Waals surface area contributed by atoms with E-state index in [9.17, 15) is 4.39 Å². The summed E-state index contributed by atoms with van der Waals surface area (Å²) < 4.78 is 16.4. The van der Waals surface area contributed by atoms with Gasteiger partial charge in [0, 0.05) is 11.0 Å². The molecule has 1 aromatic heterocycles. The molecular weight excluding hydrogens is 259 g/mol. The largest absolute Gasteiger partial charge is 0.328 e. The Morgan fingerprint density at radius 3 is 2.87 bits per heavy atom. The summed E-state index contributed by atoms with van der Waals surface area (Å²) in [6.07, 6.45) is 1.01. The Kier molecular flexibility index (Phi) is 2.78. The van der Waals surface area contributed by atoms with E-state index in [0.29, 0.717) is 5.52 Å². The van der Waals surface area contributed by atoms with Crippen LogP contribution in [0.5, 0.6) is 0 Å². The molecule has 2 rings (SSSR count). The molecule has 2 nitrogen and oxygen atoms in total. The third-order valence-corrected chi connectivity index (χ3v) is 2.87. The predicted octanol–water partition coefficient (Wildman–Crippen LogP) is 3.66. The zero-order valence-electron chi connectivity index (χ0n) is 8.72. The van der Waals surface area contributed by atoms with E-state index in [2.05, 4.69) is 27.8 Å². The van der Waals surface area contributed by atoms with Crippen molar-refractivity contribution in [3.05, 3.63) is 28.2 Å². The monoisotopic (exact) mass is 270 g/mol. The summed E-state index contributed by atoms with van der Waals surface area (Å²) in [5.74, 6) is 0.598. The molecule has 0 bridgehead atoms. The molecule has 0 saturated heterocycles. The molecule has 0 spiro atoms. The molecule has 0 aliphatic carbocycles. The first kappa shape index (κ1) is 10.6. The number of imidazole rings is 1. The molecule has 1 heterocycles. The van der Waals surface area contributed by atoms with Gasteiger partial charge in [0.1, 0.15) is 11.3 Å². The Hall–Kier alpha value is -0.900. The standard InChI is InChI=1S/C11H12BrFN2/c1-3-4-15-7(2)14-11-9(13)5-8(12)6-10(11)15/h5-6H,3-4H2,1-2H3. The molecule has 0 fully saturated rings. The maximum Gasteiger partial charge on any atom is 0.152 e. The number of rotatable bonds is 2. The van der Waals surface area contributed by atoms with Crippen LogP contribution >= 0.6 is 15.9 Å². The van der Waals surface area contributed by atoms with E-state index in [1.165, 1.54) is 6.07 Å². The van der Waals surface area contributed by atoms with Crippen molar-refractivity contribution in [2.45, 2.75) is 26.8 Å². The lowest BCUT2D eigenvalue weighted by Crippen LogP contribution is -1.98. The minimum absolute atomic E-state index is 0.266. The molecule has 2 aromatic rings. The van der Waals surface area contributed by atoms with E-state index in [-0.39, 0.29) is 5.82 Å². The fourth-order valence-corrected chi connectivity index (χ4v) is 2.19. The van der Waals surface area contributed by atoms with E-state index in [0.717, 1.165) is 28.8 Å². The molecule has 4 heteroatoms. The SMILES string of the molecule is CCCn1c(C)nc2c(F)cc(Br)cc21. The van der Waals surface area contributed by atoms with Gasteiger partial charge in [-0.2, -0.15) is 0 Å². The number of hydrogen-bond donors (Lipinski definition) is 0. The zero-order chi connectivity index (χ0) is 11.0. The van der Waals surface area contributed by atoms with Crippen LogP contribution in [0.3, 0.4) is 0 Å². The first-order valence-corrected chi connectivity index (χ1v) is 5.74. The van der Waals surface area contributed by atoms with Crippen molar-refractivity contribution in [3.63, 3.8) is 0 Å². The highest BCUT2D eigenvalue weighted by Crippen LogP contribution is 2.24. The number of aryl methyl sites for hydroxylation is 2. The van der Waals surface area contributed by atoms with Crippen LogP contribution in [0.25, 0.3) is 11.0 Å². The molecule has 0 saturated carbocycles. The van der Waals surface area contributed by atoms with Gasteiger partial charge in [-0.1, -0.05) is 22.9 Å². The highest BCUT2D eigenvalue weighted by molar-refractivity contribution is 9.10. The highest BCUT2D eigenvalue weighted by atomic mass is 79.9. The van der Waals surface area contributed by atoms with Crippen LogP contribution in [0, 0.1) is 12.7 Å². The summed E-state index contributed by atoms with van der Waals surface area (Å²) in [6, 6.07) is 3.36. The summed E-state index contributed by atoms with van der Waals surface area (Å²) in [7, 11) is 0. The third kappa shape index (κ3) is 1.78. The molecule has 0 unspecified atom stereocenters. The van der Waals surface area contributed by atoms with Gasteiger partial charge in [0.25, 0.3) is 0 Å². The second-order valence-corrected chi connectivity index (χ2v) is 4.48. The number of hydrogen-bond acceptors (Lipinski definition) is 1. The first-order chi connectivity index (χ1) is 7.13. The van der Waals surface area contributed by atoms with Crippen LogP contribution in [0.15, 0.2) is 16.6 Å². The van der Waals surface area contributed by atoms with Crippen LogP contribution in [-0.2, 0) is 6.54 Å². The van der Waals surface area contributed by atoms with Crippen LogP contribution < -0.4 is 0 Å². The molecule has 80 valence electrons. The van der Waals surface area contributed by atoms with Crippen molar-refractivity contribution in [1.82, 2.24) is 9.55 Å². The lowest BCUT2D eigenvalue weighted by atomic mass is 10.3. The van der Waals surface area contributed by atoms with Gasteiger partial charge >= 0.3 is 0 Å². The molecule has 0 N–H and O–H groups in total. The molecule has 0 amide bonds. The van der Waals surface area contributed by atoms with Crippen LogP contribution in [-0.4, -0.2) is 9.55 Å². The molecule has 0 atom stereocenters. The van der Waals surface area contributed by atoms with Gasteiger partial charge in [-0.15, -0.1) is 0 Å². The number of nitrogens with zero attached hydrogens (tertiary/aromatic N) is 2. The minimum atomic E-state index is -0.266. The van der Waals surface area contributed by atoms with Crippen molar-refractivity contribution < 1.29 is 4.39 Å². The van der Waals surface area contributed by atoms with Crippen LogP contribution in [0.4, 0.5) is 4.39 Å². The topological polar surface area (TPSA) is 17.8 Å². The first-order valence-electron chi connectivity index (χ1n) is 4.95. The van der Waals surface area contributed by atoms with Gasteiger partial charge in [0.15, 0.2) is 5.82 Å². The summed E-state index contributed by atoms with van der Waals surface area (Å²) >= 11 is 3.30. The zero-order valence-corrected chi connectivity index (χ0v) is 10.3. The molecule has 0 aliphatic heterocycles. The predicted molar refractivity (Wildman–Crippen MR) is 62.4 cm³/mol. The Labute approximate surface area is 96.2 Å². The third-order valence-electron chi connectivity index (χ3n) is 2.41. The molecular formula is C11H12BrFN2. The van der Waals surface area contributed by atoms with Gasteiger partial charge < -0.3 is 4.57 Å². The van der Waals surface area contributed by atoms with E-state index in [4.69, 9.17) is 0 Å². The van der Waals surface area contributed by atoms with Crippen molar-refractivity contribution in [1.29, 1.82) is 0 Å². The fraction of sp³-hybridized carbons (Fsp3) is 0.364. The van der Waals surface area contributed by atoms with Gasteiger partial charge in [-0.3, -0.25) is 0 Å². The van der Waals surface area contributed by atoms with Gasteiger partial charge in [0.05, 0.1) is 5.52 Å². The number of fused-ring (bicyclic) bond motifs is 1. The second kappa shape index (κ2) is 3.93. The van der Waals surface area contributed by atoms with Crippen molar-refractivity contribution >= 4 is 27.0 Å². The van der Waals surface area contributed by atoms with Crippen LogP contribution in [0.1, 0.15) is 19.2 Å². The summed E-state index contributed by atoms with van der Waals surface area (Å²) in [5, 5.41) is 0. The summed E-state index contributed by atoms with van der Waals surface area (Å²) in [4.78, 5) is 4.24. The van der Waals surface area contributed by atoms with E-state index >= 15 is 0 Å². The Balaban J connectivity index is 2.74. The Bertz CT molecular complexity index is 505. The lowest BCUT2D eigenvalue weighted by Gasteiger charge is -2.04. The van der Waals surface area contributed by atoms with E-state index in [1.807, 2.05) is 17.6 Å². The minimum Gasteiger partial charge on any atom is -0.328 e. The number of halogens is 2. The number of aromatic nitrogens is 2.